The Morgan fingerprint density at radius 3 is 1.50 bits per heavy atom. The summed E-state index contributed by atoms with van der Waals surface area (Å²) in [7, 11) is -5.91. The molecule has 0 aliphatic rings. The van der Waals surface area contributed by atoms with E-state index in [2.05, 4.69) is 152 Å². The minimum atomic E-state index is -2.08. The molecule has 7 heteroatoms. The summed E-state index contributed by atoms with van der Waals surface area (Å²) in [4.78, 5) is 0. The first-order chi connectivity index (χ1) is 16.9. The predicted molar refractivity (Wildman–Crippen MR) is 188 cm³/mol. The Kier molecular flexibility index (Phi) is 15.3. The van der Waals surface area contributed by atoms with Crippen LogP contribution in [0.4, 0.5) is 0 Å². The summed E-state index contributed by atoms with van der Waals surface area (Å²) in [6.07, 6.45) is 3.45. The van der Waals surface area contributed by atoms with Gasteiger partial charge in [-0.15, -0.1) is 0 Å². The molecule has 0 aromatic rings. The average molecular weight is 699 g/mol. The number of halogens is 1. The molecule has 0 rings (SSSR count). The van der Waals surface area contributed by atoms with Crippen molar-refractivity contribution in [1.29, 1.82) is 0 Å². The maximum absolute atomic E-state index is 7.55. The fourth-order valence-corrected chi connectivity index (χ4v) is 14.2. The summed E-state index contributed by atoms with van der Waals surface area (Å²) in [5.74, 6) is 0.245. The number of hydrogen-bond donors (Lipinski definition) is 0. The zero-order chi connectivity index (χ0) is 30.5. The van der Waals surface area contributed by atoms with E-state index in [1.165, 1.54) is 5.57 Å². The molecule has 0 aromatic carbocycles. The standard InChI is InChI=1S/C31H67IO3Si3/c1-23(2)38(24(3)4,25(5)6)35-29(26(7)19-21-32)27(8)28(34-37(17,18)31(12,13)14)20-22-33-36(15,16)30(9,10)11/h19,23-25,27-29H,20-22H2,1-18H3/b26-19-/t27-,28-,29-/m0/s1. The quantitative estimate of drug-likeness (QED) is 0.0737. The monoisotopic (exact) mass is 698 g/mol. The molecule has 228 valence electrons. The molecule has 0 bridgehead atoms. The second-order valence-corrected chi connectivity index (χ2v) is 31.5. The van der Waals surface area contributed by atoms with Gasteiger partial charge in [-0.2, -0.15) is 0 Å². The van der Waals surface area contributed by atoms with E-state index in [0.717, 1.165) is 17.5 Å². The van der Waals surface area contributed by atoms with Crippen molar-refractivity contribution in [2.45, 2.75) is 168 Å². The van der Waals surface area contributed by atoms with Crippen molar-refractivity contribution in [2.75, 3.05) is 11.0 Å². The third kappa shape index (κ3) is 10.1. The molecule has 0 saturated heterocycles. The van der Waals surface area contributed by atoms with Crippen LogP contribution < -0.4 is 0 Å². The second kappa shape index (κ2) is 14.9. The van der Waals surface area contributed by atoms with Crippen molar-refractivity contribution >= 4 is 47.5 Å². The van der Waals surface area contributed by atoms with Gasteiger partial charge in [0.1, 0.15) is 0 Å². The van der Waals surface area contributed by atoms with Gasteiger partial charge in [-0.3, -0.25) is 0 Å². The lowest BCUT2D eigenvalue weighted by Gasteiger charge is -2.48. The molecular formula is C31H67IO3Si3. The molecule has 0 unspecified atom stereocenters. The molecule has 38 heavy (non-hydrogen) atoms. The average Bonchev–Trinajstić information content (AvgIpc) is 2.70. The van der Waals surface area contributed by atoms with E-state index < -0.39 is 25.0 Å². The summed E-state index contributed by atoms with van der Waals surface area (Å²) in [5.41, 5.74) is 3.00. The normalized spacial score (nSPS) is 17.5. The highest BCUT2D eigenvalue weighted by atomic mass is 127. The summed E-state index contributed by atoms with van der Waals surface area (Å²) in [6.45, 7) is 43.3. The lowest BCUT2D eigenvalue weighted by molar-refractivity contribution is 0.0362. The van der Waals surface area contributed by atoms with Gasteiger partial charge in [0.15, 0.2) is 16.6 Å². The van der Waals surface area contributed by atoms with Gasteiger partial charge in [-0.25, -0.2) is 0 Å². The van der Waals surface area contributed by atoms with Crippen LogP contribution in [0.25, 0.3) is 0 Å². The van der Waals surface area contributed by atoms with Crippen LogP contribution in [-0.4, -0.2) is 48.2 Å². The van der Waals surface area contributed by atoms with E-state index >= 15 is 0 Å². The summed E-state index contributed by atoms with van der Waals surface area (Å²) < 4.78 is 22.5. The van der Waals surface area contributed by atoms with Gasteiger partial charge in [0.05, 0.1) is 12.2 Å². The van der Waals surface area contributed by atoms with Gasteiger partial charge in [0.25, 0.3) is 0 Å². The number of hydrogen-bond acceptors (Lipinski definition) is 3. The van der Waals surface area contributed by atoms with E-state index in [0.29, 0.717) is 16.6 Å². The molecule has 0 saturated carbocycles. The van der Waals surface area contributed by atoms with E-state index in [1.54, 1.807) is 0 Å². The molecule has 0 N–H and O–H groups in total. The molecule has 0 aliphatic heterocycles. The highest BCUT2D eigenvalue weighted by Crippen LogP contribution is 2.46. The van der Waals surface area contributed by atoms with E-state index in [-0.39, 0.29) is 28.2 Å². The summed E-state index contributed by atoms with van der Waals surface area (Å²) in [5, 5.41) is 0.359. The molecule has 0 heterocycles. The molecule has 0 aliphatic carbocycles. The highest BCUT2D eigenvalue weighted by Gasteiger charge is 2.49. The molecular weight excluding hydrogens is 632 g/mol. The van der Waals surface area contributed by atoms with Gasteiger partial charge in [0, 0.05) is 17.0 Å². The SMILES string of the molecule is C/C(=C/CI)[C@H](O[Si](C(C)C)(C(C)C)C(C)C)[C@@H](C)[C@H](CCO[Si](C)(C)C(C)(C)C)O[Si](C)(C)C(C)(C)C. The van der Waals surface area contributed by atoms with Crippen LogP contribution in [0, 0.1) is 5.92 Å². The van der Waals surface area contributed by atoms with Crippen molar-refractivity contribution in [2.24, 2.45) is 5.92 Å². The van der Waals surface area contributed by atoms with Crippen LogP contribution in [-0.2, 0) is 13.3 Å². The Morgan fingerprint density at radius 1 is 0.737 bits per heavy atom. The lowest BCUT2D eigenvalue weighted by atomic mass is 9.91. The minimum Gasteiger partial charge on any atom is -0.417 e. The maximum atomic E-state index is 7.55. The Morgan fingerprint density at radius 2 is 1.16 bits per heavy atom. The van der Waals surface area contributed by atoms with Crippen LogP contribution in [0.3, 0.4) is 0 Å². The Hall–Kier alpha value is 1.00. The molecule has 0 amide bonds. The summed E-state index contributed by atoms with van der Waals surface area (Å²) >= 11 is 2.47. The van der Waals surface area contributed by atoms with Gasteiger partial charge in [-0.05, 0) is 71.8 Å². The Labute approximate surface area is 256 Å². The smallest absolute Gasteiger partial charge is 0.201 e. The van der Waals surface area contributed by atoms with Crippen LogP contribution >= 0.6 is 22.6 Å². The first-order valence-corrected chi connectivity index (χ1v) is 24.6. The number of rotatable bonds is 15. The molecule has 0 spiro atoms. The molecule has 3 atom stereocenters. The van der Waals surface area contributed by atoms with Crippen molar-refractivity contribution in [1.82, 2.24) is 0 Å². The van der Waals surface area contributed by atoms with Crippen LogP contribution in [0.1, 0.15) is 103 Å². The van der Waals surface area contributed by atoms with E-state index in [1.807, 2.05) is 0 Å². The zero-order valence-electron chi connectivity index (χ0n) is 28.8. The molecule has 3 nitrogen and oxygen atoms in total. The van der Waals surface area contributed by atoms with Crippen LogP contribution in [0.15, 0.2) is 11.6 Å². The molecule has 0 radical (unpaired) electrons. The topological polar surface area (TPSA) is 27.7 Å². The summed E-state index contributed by atoms with van der Waals surface area (Å²) in [6, 6.07) is 0. The Balaban J connectivity index is 6.58. The van der Waals surface area contributed by atoms with Gasteiger partial charge in [-0.1, -0.05) is 119 Å². The van der Waals surface area contributed by atoms with Crippen molar-refractivity contribution in [3.05, 3.63) is 11.6 Å². The van der Waals surface area contributed by atoms with Gasteiger partial charge < -0.3 is 13.3 Å². The highest BCUT2D eigenvalue weighted by molar-refractivity contribution is 14.1. The van der Waals surface area contributed by atoms with E-state index in [4.69, 9.17) is 13.3 Å². The maximum Gasteiger partial charge on any atom is 0.201 e. The number of alkyl halides is 1. The predicted octanol–water partition coefficient (Wildman–Crippen LogP) is 11.4. The second-order valence-electron chi connectivity index (χ2n) is 15.6. The van der Waals surface area contributed by atoms with Crippen molar-refractivity contribution in [3.63, 3.8) is 0 Å². The first-order valence-electron chi connectivity index (χ1n) is 15.1. The van der Waals surface area contributed by atoms with Crippen LogP contribution in [0.2, 0.25) is 52.9 Å². The van der Waals surface area contributed by atoms with Crippen molar-refractivity contribution in [3.8, 4) is 0 Å². The zero-order valence-corrected chi connectivity index (χ0v) is 33.9. The first kappa shape index (κ1) is 39.0. The molecule has 0 aromatic heterocycles. The van der Waals surface area contributed by atoms with Crippen LogP contribution in [0.5, 0.6) is 0 Å². The van der Waals surface area contributed by atoms with Crippen molar-refractivity contribution < 1.29 is 13.3 Å². The third-order valence-electron chi connectivity index (χ3n) is 9.87. The fourth-order valence-electron chi connectivity index (χ4n) is 5.31. The largest absolute Gasteiger partial charge is 0.417 e. The number of allylic oxidation sites excluding steroid dienone is 1. The van der Waals surface area contributed by atoms with Gasteiger partial charge in [0.2, 0.25) is 8.32 Å². The minimum absolute atomic E-state index is 0.0614. The third-order valence-corrected chi connectivity index (χ3v) is 25.4. The van der Waals surface area contributed by atoms with Gasteiger partial charge >= 0.3 is 0 Å². The lowest BCUT2D eigenvalue weighted by Crippen LogP contribution is -2.54. The Bertz CT molecular complexity index is 712. The molecule has 0 fully saturated rings. The van der Waals surface area contributed by atoms with E-state index in [9.17, 15) is 0 Å². The fraction of sp³-hybridized carbons (Fsp3) is 0.935.